The number of rotatable bonds is 2. The van der Waals surface area contributed by atoms with Crippen molar-refractivity contribution in [1.82, 2.24) is 0 Å². The molecule has 0 aromatic carbocycles. The zero-order valence-electron chi connectivity index (χ0n) is 16.6. The fourth-order valence-electron chi connectivity index (χ4n) is 0.407. The molecule has 0 rings (SSSR count). The number of esters is 2. The second-order valence-electron chi connectivity index (χ2n) is 3.09. The van der Waals surface area contributed by atoms with E-state index in [0.717, 1.165) is 0 Å². The maximum Gasteiger partial charge on any atom is 0.302 e. The molecular formula is C13H21Cl15O4. The highest BCUT2D eigenvalue weighted by Gasteiger charge is 1.82. The minimum Gasteiger partial charge on any atom is -0.466 e. The molecule has 0 bridgehead atoms. The molecule has 32 heavy (non-hydrogen) atoms. The van der Waals surface area contributed by atoms with Crippen LogP contribution in [0, 0.1) is 0 Å². The Morgan fingerprint density at radius 2 is 0.562 bits per heavy atom. The van der Waals surface area contributed by atoms with Crippen LogP contribution in [0.4, 0.5) is 0 Å². The van der Waals surface area contributed by atoms with Crippen molar-refractivity contribution in [2.45, 2.75) is 49.2 Å². The number of alkyl halides is 15. The van der Waals surface area contributed by atoms with Crippen LogP contribution in [-0.4, -0.2) is 46.6 Å². The maximum absolute atomic E-state index is 9.82. The van der Waals surface area contributed by atoms with Gasteiger partial charge in [-0.3, -0.25) is 9.59 Å². The third kappa shape index (κ3) is 402. The molecule has 0 amide bonds. The van der Waals surface area contributed by atoms with E-state index in [0.29, 0.717) is 13.2 Å². The Bertz CT molecular complexity index is 270. The number of carbonyl (C=O) groups is 2. The summed E-state index contributed by atoms with van der Waals surface area (Å²) in [5.41, 5.74) is 0. The van der Waals surface area contributed by atoms with Gasteiger partial charge in [-0.15, -0.1) is 0 Å². The first-order chi connectivity index (χ1) is 14.2. The molecule has 0 spiro atoms. The van der Waals surface area contributed by atoms with E-state index >= 15 is 0 Å². The van der Waals surface area contributed by atoms with E-state index in [4.69, 9.17) is 174 Å². The highest BCUT2D eigenvalue weighted by atomic mass is 35.6. The fourth-order valence-corrected chi connectivity index (χ4v) is 0.407. The van der Waals surface area contributed by atoms with Gasteiger partial charge < -0.3 is 9.47 Å². The van der Waals surface area contributed by atoms with Crippen LogP contribution in [0.2, 0.25) is 0 Å². The normalized spacial score (nSPS) is 8.50. The lowest BCUT2D eigenvalue weighted by molar-refractivity contribution is -0.141. The van der Waals surface area contributed by atoms with Crippen LogP contribution in [0.1, 0.15) is 27.7 Å². The standard InChI is InChI=1S/2C4H8O2.5CHCl3/c2*1-3-6-4(2)5;5*2-1(3)4/h2*3H2,1-2H3;5*1H. The van der Waals surface area contributed by atoms with Crippen molar-refractivity contribution in [2.24, 2.45) is 0 Å². The summed E-state index contributed by atoms with van der Waals surface area (Å²) in [5, 5.41) is 0. The smallest absolute Gasteiger partial charge is 0.302 e. The molecule has 0 radical (unpaired) electrons. The molecule has 0 aliphatic heterocycles. The third-order valence-electron chi connectivity index (χ3n) is 0.695. The van der Waals surface area contributed by atoms with Gasteiger partial charge in [0, 0.05) is 13.8 Å². The Labute approximate surface area is 264 Å². The van der Waals surface area contributed by atoms with Crippen molar-refractivity contribution in [3.05, 3.63) is 0 Å². The predicted molar refractivity (Wildman–Crippen MR) is 151 cm³/mol. The van der Waals surface area contributed by atoms with Crippen molar-refractivity contribution < 1.29 is 19.1 Å². The van der Waals surface area contributed by atoms with Crippen LogP contribution in [0.15, 0.2) is 0 Å². The molecular weight excluding hydrogens is 752 g/mol. The molecule has 0 saturated carbocycles. The number of halogens is 15. The number of hydrogen-bond donors (Lipinski definition) is 0. The first-order valence-corrected chi connectivity index (χ1v) is 13.6. The molecule has 202 valence electrons. The Morgan fingerprint density at radius 3 is 0.562 bits per heavy atom. The summed E-state index contributed by atoms with van der Waals surface area (Å²) >= 11 is 72.1. The molecule has 0 heterocycles. The van der Waals surface area contributed by atoms with E-state index in [1.807, 2.05) is 0 Å². The minimum absolute atomic E-state index is 0.211. The zero-order valence-corrected chi connectivity index (χ0v) is 27.9. The molecule has 0 aromatic heterocycles. The molecule has 4 nitrogen and oxygen atoms in total. The Kier molecular flexibility index (Phi) is 76.9. The Balaban J connectivity index is -0.0000000460. The van der Waals surface area contributed by atoms with Gasteiger partial charge in [-0.25, -0.2) is 0 Å². The van der Waals surface area contributed by atoms with Gasteiger partial charge >= 0.3 is 11.9 Å². The van der Waals surface area contributed by atoms with E-state index in [1.54, 1.807) is 13.8 Å². The van der Waals surface area contributed by atoms with E-state index in [2.05, 4.69) is 9.47 Å². The average molecular weight is 773 g/mol. The zero-order chi connectivity index (χ0) is 27.9. The molecule has 0 unspecified atom stereocenters. The van der Waals surface area contributed by atoms with Crippen molar-refractivity contribution >= 4 is 186 Å². The number of ether oxygens (including phenoxy) is 2. The average Bonchev–Trinajstić information content (AvgIpc) is 2.44. The Morgan fingerprint density at radius 1 is 0.469 bits per heavy atom. The highest BCUT2D eigenvalue weighted by Crippen LogP contribution is 2.05. The second kappa shape index (κ2) is 47.5. The summed E-state index contributed by atoms with van der Waals surface area (Å²) in [6.07, 6.45) is 0. The van der Waals surface area contributed by atoms with Crippen LogP contribution >= 0.6 is 174 Å². The van der Waals surface area contributed by atoms with Crippen LogP contribution in [0.5, 0.6) is 0 Å². The van der Waals surface area contributed by atoms with Crippen molar-refractivity contribution in [3.8, 4) is 0 Å². The van der Waals surface area contributed by atoms with Crippen molar-refractivity contribution in [1.29, 1.82) is 0 Å². The maximum atomic E-state index is 9.82. The molecule has 0 saturated heterocycles. The van der Waals surface area contributed by atoms with Gasteiger partial charge in [0.2, 0.25) is 0 Å². The van der Waals surface area contributed by atoms with E-state index in [1.165, 1.54) is 13.8 Å². The summed E-state index contributed by atoms with van der Waals surface area (Å²) in [6, 6.07) is 0. The summed E-state index contributed by atoms with van der Waals surface area (Å²) in [4.78, 5) is 19.6. The Hall–Kier alpha value is 3.29. The SMILES string of the molecule is CCOC(C)=O.CCOC(C)=O.ClC(Cl)Cl.ClC(Cl)Cl.ClC(Cl)Cl.ClC(Cl)Cl.ClC(Cl)Cl. The molecule has 0 fully saturated rings. The van der Waals surface area contributed by atoms with Crippen LogP contribution in [0.3, 0.4) is 0 Å². The lowest BCUT2D eigenvalue weighted by Crippen LogP contribution is -1.95. The predicted octanol–water partition coefficient (Wildman–Crippen LogP) is 11.1. The monoisotopic (exact) mass is 766 g/mol. The summed E-state index contributed by atoms with van der Waals surface area (Å²) < 4.78 is 5.06. The second-order valence-corrected chi connectivity index (χ2v) is 13.0. The van der Waals surface area contributed by atoms with Gasteiger partial charge in [-0.05, 0) is 13.8 Å². The largest absolute Gasteiger partial charge is 0.466 e. The van der Waals surface area contributed by atoms with Gasteiger partial charge in [-0.1, -0.05) is 174 Å². The molecule has 0 atom stereocenters. The lowest BCUT2D eigenvalue weighted by Gasteiger charge is -1.89. The van der Waals surface area contributed by atoms with Crippen molar-refractivity contribution in [2.75, 3.05) is 13.2 Å². The van der Waals surface area contributed by atoms with Crippen LogP contribution in [-0.2, 0) is 19.1 Å². The van der Waals surface area contributed by atoms with E-state index < -0.39 is 21.5 Å². The van der Waals surface area contributed by atoms with Gasteiger partial charge in [0.1, 0.15) is 0 Å². The minimum atomic E-state index is -0.750. The van der Waals surface area contributed by atoms with Gasteiger partial charge in [0.05, 0.1) is 13.2 Å². The van der Waals surface area contributed by atoms with E-state index in [-0.39, 0.29) is 11.9 Å². The summed E-state index contributed by atoms with van der Waals surface area (Å²) in [6.45, 7) is 7.31. The molecule has 0 aromatic rings. The van der Waals surface area contributed by atoms with Crippen LogP contribution < -0.4 is 0 Å². The fraction of sp³-hybridized carbons (Fsp3) is 0.846. The third-order valence-corrected chi connectivity index (χ3v) is 0.695. The van der Waals surface area contributed by atoms with Gasteiger partial charge in [0.25, 0.3) is 0 Å². The quantitative estimate of drug-likeness (QED) is 0.207. The molecule has 0 aliphatic rings. The van der Waals surface area contributed by atoms with Crippen molar-refractivity contribution in [3.63, 3.8) is 0 Å². The summed E-state index contributed by atoms with van der Waals surface area (Å²) in [7, 11) is 0. The van der Waals surface area contributed by atoms with Gasteiger partial charge in [0.15, 0.2) is 21.5 Å². The summed E-state index contributed by atoms with van der Waals surface area (Å²) in [5.74, 6) is -0.421. The first-order valence-electron chi connectivity index (χ1n) is 7.08. The first kappa shape index (κ1) is 51.8. The number of carbonyl (C=O) groups excluding carboxylic acids is 2. The van der Waals surface area contributed by atoms with E-state index in [9.17, 15) is 9.59 Å². The number of hydrogen-bond acceptors (Lipinski definition) is 4. The van der Waals surface area contributed by atoms with Gasteiger partial charge in [-0.2, -0.15) is 0 Å². The highest BCUT2D eigenvalue weighted by molar-refractivity contribution is 6.64. The molecule has 19 heteroatoms. The van der Waals surface area contributed by atoms with Crippen LogP contribution in [0.25, 0.3) is 0 Å². The topological polar surface area (TPSA) is 52.6 Å². The molecule has 0 aliphatic carbocycles. The molecule has 0 N–H and O–H groups in total. The lowest BCUT2D eigenvalue weighted by atomic mass is 10.8.